The molecule has 392 valence electrons. The molecule has 4 amide bonds. The van der Waals surface area contributed by atoms with E-state index in [1.807, 2.05) is 25.1 Å². The Morgan fingerprint density at radius 1 is 0.699 bits per heavy atom. The number of benzene rings is 3. The fourth-order valence-corrected chi connectivity index (χ4v) is 11.5. The lowest BCUT2D eigenvalue weighted by molar-refractivity contribution is -0.139. The van der Waals surface area contributed by atoms with Gasteiger partial charge < -0.3 is 36.8 Å². The third kappa shape index (κ3) is 12.6. The van der Waals surface area contributed by atoms with E-state index in [9.17, 15) is 33.1 Å². The molecule has 73 heavy (non-hydrogen) atoms. The number of ether oxygens (including phenoxy) is 1. The molecule has 7 N–H and O–H groups in total. The first-order chi connectivity index (χ1) is 34.0. The van der Waals surface area contributed by atoms with Gasteiger partial charge in [0.15, 0.2) is 0 Å². The normalized spacial score (nSPS) is 24.6. The van der Waals surface area contributed by atoms with Crippen LogP contribution < -0.4 is 17.2 Å². The second kappa shape index (κ2) is 22.0. The van der Waals surface area contributed by atoms with Crippen LogP contribution in [0.4, 0.5) is 8.78 Å². The zero-order valence-corrected chi connectivity index (χ0v) is 42.6. The van der Waals surface area contributed by atoms with Crippen LogP contribution in [0.1, 0.15) is 124 Å². The Balaban J connectivity index is 0.000000169. The van der Waals surface area contributed by atoms with Crippen LogP contribution in [0.25, 0.3) is 22.5 Å². The van der Waals surface area contributed by atoms with Gasteiger partial charge >= 0.3 is 0 Å². The number of nitrogens with two attached hydrogens (primary N) is 3. The summed E-state index contributed by atoms with van der Waals surface area (Å²) in [6.07, 6.45) is 6.23. The number of primary amides is 2. The lowest BCUT2D eigenvalue weighted by Crippen LogP contribution is -2.52. The average molecular weight is 1050 g/mol. The van der Waals surface area contributed by atoms with Crippen LogP contribution in [0.3, 0.4) is 0 Å². The van der Waals surface area contributed by atoms with Gasteiger partial charge in [-0.15, -0.1) is 0 Å². The number of fused-ring (bicyclic) bond motifs is 2. The number of rotatable bonds is 11. The number of hydrogen-bond acceptors (Lipinski definition) is 9. The molecule has 0 spiro atoms. The Labute approximate surface area is 435 Å². The third-order valence-corrected chi connectivity index (χ3v) is 15.1. The summed E-state index contributed by atoms with van der Waals surface area (Å²) in [5.74, 6) is -1.66. The number of aromatic nitrogens is 4. The van der Waals surface area contributed by atoms with E-state index in [0.717, 1.165) is 25.7 Å². The van der Waals surface area contributed by atoms with Gasteiger partial charge in [0.1, 0.15) is 23.0 Å². The Morgan fingerprint density at radius 3 is 1.52 bits per heavy atom. The number of amides is 4. The molecule has 0 bridgehead atoms. The van der Waals surface area contributed by atoms with Crippen LogP contribution in [0.15, 0.2) is 66.7 Å². The molecule has 0 unspecified atom stereocenters. The highest BCUT2D eigenvalue weighted by Crippen LogP contribution is 2.48. The first-order valence-electron chi connectivity index (χ1n) is 24.4. The standard InChI is InChI=1S/C21H24ClFN4O2.C20H22ClFN4O3.C12H17NO.CH4/c1-12-8-21(2,9-12)10-17(28)26-5-6-27-16(11-26)18(20(24)29)19(25-27)13-3-4-15(23)14(22)7-13;1-20(7-12(27)8-20)9-16(28)25-4-5-26-15(10-25)17(19(23)29)18(24-26)11-2-3-14(22)13(21)6-11;1-12(13)7-11(8-12)14-9-10-5-3-2-4-6-10;/h3-4,7,12H,5-6,8-11H2,1-2H3,(H2,24,29);2-3,6,12,27H,4-5,7-10H2,1H3,(H2,23,29);2-6,11H,7-9,13H2,1H3;1H4. The molecule has 19 heteroatoms. The first kappa shape index (κ1) is 55.0. The van der Waals surface area contributed by atoms with E-state index in [0.29, 0.717) is 104 Å². The molecule has 10 rings (SSSR count). The van der Waals surface area contributed by atoms with Gasteiger partial charge in [0, 0.05) is 42.6 Å². The molecule has 2 aromatic heterocycles. The van der Waals surface area contributed by atoms with E-state index >= 15 is 0 Å². The Bertz CT molecular complexity index is 2690. The summed E-state index contributed by atoms with van der Waals surface area (Å²) in [4.78, 5) is 53.6. The molecule has 0 saturated heterocycles. The smallest absolute Gasteiger partial charge is 0.252 e. The Kier molecular flexibility index (Phi) is 16.6. The van der Waals surface area contributed by atoms with Gasteiger partial charge in [0.25, 0.3) is 11.8 Å². The number of aliphatic hydroxyl groups is 1. The number of nitrogens with zero attached hydrogens (tertiary/aromatic N) is 6. The molecule has 5 aromatic rings. The van der Waals surface area contributed by atoms with E-state index < -0.39 is 23.4 Å². The summed E-state index contributed by atoms with van der Waals surface area (Å²) in [5, 5.41) is 18.4. The van der Waals surface area contributed by atoms with Gasteiger partial charge in [-0.1, -0.05) is 81.7 Å². The van der Waals surface area contributed by atoms with Crippen LogP contribution in [-0.2, 0) is 47.1 Å². The molecule has 2 aliphatic heterocycles. The highest BCUT2D eigenvalue weighted by atomic mass is 35.5. The van der Waals surface area contributed by atoms with E-state index in [1.54, 1.807) is 19.2 Å². The van der Waals surface area contributed by atoms with Crippen molar-refractivity contribution in [2.45, 2.75) is 137 Å². The highest BCUT2D eigenvalue weighted by Gasteiger charge is 2.43. The molecule has 3 aromatic carbocycles. The summed E-state index contributed by atoms with van der Waals surface area (Å²) >= 11 is 11.8. The van der Waals surface area contributed by atoms with Crippen LogP contribution >= 0.6 is 23.2 Å². The van der Waals surface area contributed by atoms with Gasteiger partial charge in [-0.05, 0) is 104 Å². The van der Waals surface area contributed by atoms with E-state index in [2.05, 4.69) is 43.1 Å². The molecular formula is C54H67Cl2F2N9O6. The predicted octanol–water partition coefficient (Wildman–Crippen LogP) is 8.66. The van der Waals surface area contributed by atoms with E-state index in [-0.39, 0.29) is 76.0 Å². The molecule has 4 heterocycles. The topological polar surface area (TPSA) is 218 Å². The number of hydrogen-bond donors (Lipinski definition) is 4. The van der Waals surface area contributed by atoms with Crippen LogP contribution in [0.5, 0.6) is 0 Å². The van der Waals surface area contributed by atoms with Crippen LogP contribution in [0, 0.1) is 28.4 Å². The van der Waals surface area contributed by atoms with Crippen molar-refractivity contribution in [1.82, 2.24) is 29.4 Å². The van der Waals surface area contributed by atoms with Crippen LogP contribution in [0.2, 0.25) is 10.0 Å². The van der Waals surface area contributed by atoms with Crippen molar-refractivity contribution < 1.29 is 37.8 Å². The zero-order chi connectivity index (χ0) is 51.9. The van der Waals surface area contributed by atoms with Crippen molar-refractivity contribution in [1.29, 1.82) is 0 Å². The van der Waals surface area contributed by atoms with Crippen LogP contribution in [-0.4, -0.2) is 88.9 Å². The van der Waals surface area contributed by atoms with Crippen molar-refractivity contribution in [2.24, 2.45) is 33.9 Å². The monoisotopic (exact) mass is 1050 g/mol. The number of aliphatic hydroxyl groups excluding tert-OH is 1. The average Bonchev–Trinajstić information content (AvgIpc) is 3.88. The Hall–Kier alpha value is -5.72. The lowest BCUT2D eigenvalue weighted by atomic mass is 9.62. The molecular weight excluding hydrogens is 980 g/mol. The molecule has 0 atom stereocenters. The maximum atomic E-state index is 13.5. The fourth-order valence-electron chi connectivity index (χ4n) is 11.1. The SMILES string of the molecule is C.CC1(CC(=O)N2CCn3nc(-c4ccc(F)c(Cl)c4)c(C(N)=O)c3C2)CC(O)C1.CC1(N)CC(OCc2ccccc2)C1.CC1CC(C)(CC(=O)N2CCn3nc(-c4ccc(F)c(Cl)c4)c(C(N)=O)c3C2)C1. The highest BCUT2D eigenvalue weighted by molar-refractivity contribution is 6.31. The van der Waals surface area contributed by atoms with Gasteiger partial charge in [0.05, 0.1) is 77.6 Å². The zero-order valence-electron chi connectivity index (χ0n) is 41.1. The van der Waals surface area contributed by atoms with E-state index in [1.165, 1.54) is 42.0 Å². The largest absolute Gasteiger partial charge is 0.393 e. The third-order valence-electron chi connectivity index (χ3n) is 14.6. The number of carbonyl (C=O) groups is 4. The van der Waals surface area contributed by atoms with Gasteiger partial charge in [-0.2, -0.15) is 10.2 Å². The number of carbonyl (C=O) groups excluding carboxylic acids is 4. The van der Waals surface area contributed by atoms with Gasteiger partial charge in [0.2, 0.25) is 11.8 Å². The summed E-state index contributed by atoms with van der Waals surface area (Å²) in [6, 6.07) is 18.5. The molecule has 3 saturated carbocycles. The van der Waals surface area contributed by atoms with Crippen molar-refractivity contribution in [3.8, 4) is 22.5 Å². The van der Waals surface area contributed by atoms with Crippen molar-refractivity contribution >= 4 is 46.8 Å². The maximum absolute atomic E-state index is 13.5. The fraction of sp³-hybridized carbons (Fsp3) is 0.481. The maximum Gasteiger partial charge on any atom is 0.252 e. The van der Waals surface area contributed by atoms with Gasteiger partial charge in [-0.25, -0.2) is 8.78 Å². The molecule has 5 aliphatic rings. The minimum atomic E-state index is -0.662. The second-order valence-electron chi connectivity index (χ2n) is 21.4. The predicted molar refractivity (Wildman–Crippen MR) is 276 cm³/mol. The summed E-state index contributed by atoms with van der Waals surface area (Å²) in [6.45, 7) is 11.5. The quantitative estimate of drug-likeness (QED) is 0.0994. The van der Waals surface area contributed by atoms with Crippen molar-refractivity contribution in [2.75, 3.05) is 13.1 Å². The summed E-state index contributed by atoms with van der Waals surface area (Å²) < 4.78 is 36.2. The number of halogens is 4. The van der Waals surface area contributed by atoms with E-state index in [4.69, 9.17) is 45.1 Å². The summed E-state index contributed by atoms with van der Waals surface area (Å²) in [7, 11) is 0. The van der Waals surface area contributed by atoms with Gasteiger partial charge in [-0.3, -0.25) is 28.5 Å². The molecule has 15 nitrogen and oxygen atoms in total. The minimum absolute atomic E-state index is 0. The second-order valence-corrected chi connectivity index (χ2v) is 22.2. The molecule has 0 radical (unpaired) electrons. The lowest BCUT2D eigenvalue weighted by Gasteiger charge is -2.44. The first-order valence-corrected chi connectivity index (χ1v) is 25.1. The summed E-state index contributed by atoms with van der Waals surface area (Å²) in [5.41, 5.74) is 21.7. The molecule has 3 fully saturated rings. The molecule has 3 aliphatic carbocycles. The Morgan fingerprint density at radius 2 is 1.14 bits per heavy atom. The minimum Gasteiger partial charge on any atom is -0.393 e. The van der Waals surface area contributed by atoms with Crippen molar-refractivity contribution in [3.63, 3.8) is 0 Å². The van der Waals surface area contributed by atoms with Crippen molar-refractivity contribution in [3.05, 3.63) is 116 Å².